The normalized spacial score (nSPS) is 15.7. The minimum Gasteiger partial charge on any atom is -0.481 e. The van der Waals surface area contributed by atoms with Crippen LogP contribution in [0.5, 0.6) is 0 Å². The molecule has 0 amide bonds. The molecule has 1 fully saturated rings. The smallest absolute Gasteiger partial charge is 0.307 e. The van der Waals surface area contributed by atoms with Crippen molar-refractivity contribution in [3.05, 3.63) is 88.3 Å². The molecular weight excluding hydrogens is 440 g/mol. The van der Waals surface area contributed by atoms with Crippen LogP contribution in [0.4, 0.5) is 5.82 Å². The van der Waals surface area contributed by atoms with Crippen LogP contribution in [0.3, 0.4) is 0 Å². The van der Waals surface area contributed by atoms with E-state index in [9.17, 15) is 15.0 Å². The highest BCUT2D eigenvalue weighted by molar-refractivity contribution is 6.30. The van der Waals surface area contributed by atoms with Crippen LogP contribution in [0.2, 0.25) is 5.02 Å². The monoisotopic (exact) mass is 462 g/mol. The number of benzene rings is 2. The number of aromatic nitrogens is 3. The lowest BCUT2D eigenvalue weighted by atomic mass is 9.64. The number of rotatable bonds is 7. The van der Waals surface area contributed by atoms with Crippen molar-refractivity contribution in [1.29, 1.82) is 0 Å². The van der Waals surface area contributed by atoms with Gasteiger partial charge in [0, 0.05) is 16.8 Å². The Labute approximate surface area is 195 Å². The molecule has 1 unspecified atom stereocenters. The number of para-hydroxylation sites is 1. The number of nitrogens with zero attached hydrogens (tertiary/aromatic N) is 2. The molecule has 8 heteroatoms. The number of fused-ring (bicyclic) bond motifs is 1. The molecule has 2 aromatic carbocycles. The largest absolute Gasteiger partial charge is 0.481 e. The molecule has 33 heavy (non-hydrogen) atoms. The lowest BCUT2D eigenvalue weighted by Gasteiger charge is -2.40. The van der Waals surface area contributed by atoms with Crippen LogP contribution in [0.1, 0.15) is 48.0 Å². The first-order chi connectivity index (χ1) is 15.9. The average molecular weight is 463 g/mol. The summed E-state index contributed by atoms with van der Waals surface area (Å²) in [7, 11) is 0. The van der Waals surface area contributed by atoms with Crippen LogP contribution >= 0.6 is 11.6 Å². The number of H-pyrrole nitrogens is 1. The number of aliphatic hydroxyl groups excluding tert-OH is 1. The summed E-state index contributed by atoms with van der Waals surface area (Å²) in [4.78, 5) is 24.0. The van der Waals surface area contributed by atoms with Crippen molar-refractivity contribution in [3.8, 4) is 0 Å². The van der Waals surface area contributed by atoms with E-state index in [-0.39, 0.29) is 11.8 Å². The van der Waals surface area contributed by atoms with E-state index in [0.29, 0.717) is 16.4 Å². The molecule has 4 aromatic rings. The maximum Gasteiger partial charge on any atom is 0.307 e. The van der Waals surface area contributed by atoms with E-state index < -0.39 is 12.2 Å². The van der Waals surface area contributed by atoms with E-state index in [0.717, 1.165) is 47.2 Å². The number of hydrogen-bond acceptors (Lipinski definition) is 5. The molecule has 1 aliphatic rings. The summed E-state index contributed by atoms with van der Waals surface area (Å²) >= 11 is 6.01. The van der Waals surface area contributed by atoms with Crippen molar-refractivity contribution < 1.29 is 15.0 Å². The number of halogens is 1. The van der Waals surface area contributed by atoms with Gasteiger partial charge in [0.25, 0.3) is 0 Å². The van der Waals surface area contributed by atoms with Crippen molar-refractivity contribution in [2.45, 2.75) is 37.3 Å². The topological polar surface area (TPSA) is 111 Å². The van der Waals surface area contributed by atoms with Crippen LogP contribution in [0.25, 0.3) is 11.0 Å². The minimum atomic E-state index is -0.928. The molecule has 0 radical (unpaired) electrons. The lowest BCUT2D eigenvalue weighted by molar-refractivity contribution is -0.136. The summed E-state index contributed by atoms with van der Waals surface area (Å²) in [5, 5.41) is 23.2. The second-order valence-corrected chi connectivity index (χ2v) is 8.87. The molecule has 7 nitrogen and oxygen atoms in total. The van der Waals surface area contributed by atoms with E-state index >= 15 is 0 Å². The quantitative estimate of drug-likeness (QED) is 0.293. The van der Waals surface area contributed by atoms with Gasteiger partial charge in [0.1, 0.15) is 11.6 Å². The van der Waals surface area contributed by atoms with Gasteiger partial charge in [-0.15, -0.1) is 0 Å². The van der Waals surface area contributed by atoms with Gasteiger partial charge in [0.05, 0.1) is 22.9 Å². The first-order valence-corrected chi connectivity index (χ1v) is 11.2. The Hall–Kier alpha value is -3.42. The van der Waals surface area contributed by atoms with Gasteiger partial charge in [-0.1, -0.05) is 48.4 Å². The number of nitrogens with one attached hydrogen (secondary N) is 2. The zero-order valence-electron chi connectivity index (χ0n) is 17.8. The summed E-state index contributed by atoms with van der Waals surface area (Å²) in [5.74, 6) is 0.515. The Bertz CT molecular complexity index is 1310. The number of carbonyl (C=O) groups is 1. The first kappa shape index (κ1) is 21.4. The fourth-order valence-corrected chi connectivity index (χ4v) is 4.68. The third-order valence-electron chi connectivity index (χ3n) is 6.37. The van der Waals surface area contributed by atoms with Gasteiger partial charge in [-0.05, 0) is 48.2 Å². The molecule has 1 atom stereocenters. The Morgan fingerprint density at radius 3 is 2.67 bits per heavy atom. The number of pyridine rings is 1. The second kappa shape index (κ2) is 8.50. The molecule has 5 rings (SSSR count). The number of aliphatic carboxylic acids is 1. The molecule has 4 N–H and O–H groups in total. The van der Waals surface area contributed by atoms with Crippen LogP contribution in [0, 0.1) is 0 Å². The minimum absolute atomic E-state index is 0.0527. The van der Waals surface area contributed by atoms with Crippen LogP contribution in [0.15, 0.2) is 60.8 Å². The van der Waals surface area contributed by atoms with Crippen LogP contribution < -0.4 is 5.32 Å². The maximum atomic E-state index is 11.2. The van der Waals surface area contributed by atoms with E-state index in [4.69, 9.17) is 16.6 Å². The maximum absolute atomic E-state index is 11.2. The summed E-state index contributed by atoms with van der Waals surface area (Å²) in [6.45, 7) is 0. The van der Waals surface area contributed by atoms with Crippen molar-refractivity contribution >= 4 is 34.4 Å². The van der Waals surface area contributed by atoms with Crippen molar-refractivity contribution in [3.63, 3.8) is 0 Å². The van der Waals surface area contributed by atoms with Crippen LogP contribution in [-0.2, 0) is 16.6 Å². The van der Waals surface area contributed by atoms with Gasteiger partial charge in [0.15, 0.2) is 6.23 Å². The van der Waals surface area contributed by atoms with E-state index in [1.165, 1.54) is 0 Å². The molecule has 1 aliphatic carbocycles. The zero-order valence-corrected chi connectivity index (χ0v) is 18.5. The Balaban J connectivity index is 1.41. The third kappa shape index (κ3) is 4.05. The SMILES string of the molecule is O=C(O)Cc1cccc2nc(C3(c4ccc(NC(O)c5cccc(Cl)c5)nc4)CCC3)[nH]c12. The number of aliphatic hydroxyl groups is 1. The second-order valence-electron chi connectivity index (χ2n) is 8.44. The number of carboxylic acids is 1. The first-order valence-electron chi connectivity index (χ1n) is 10.8. The predicted octanol–water partition coefficient (Wildman–Crippen LogP) is 4.81. The van der Waals surface area contributed by atoms with E-state index in [1.807, 2.05) is 36.5 Å². The van der Waals surface area contributed by atoms with Crippen LogP contribution in [-0.4, -0.2) is 31.1 Å². The fraction of sp³-hybridized carbons (Fsp3) is 0.240. The van der Waals surface area contributed by atoms with Gasteiger partial charge in [-0.2, -0.15) is 0 Å². The van der Waals surface area contributed by atoms with Gasteiger partial charge >= 0.3 is 5.97 Å². The number of aromatic amines is 1. The lowest BCUT2D eigenvalue weighted by Crippen LogP contribution is -2.36. The van der Waals surface area contributed by atoms with Gasteiger partial charge in [-0.25, -0.2) is 9.97 Å². The molecule has 0 spiro atoms. The van der Waals surface area contributed by atoms with Gasteiger partial charge in [0.2, 0.25) is 0 Å². The third-order valence-corrected chi connectivity index (χ3v) is 6.61. The van der Waals surface area contributed by atoms with Crippen molar-refractivity contribution in [2.24, 2.45) is 0 Å². The Morgan fingerprint density at radius 1 is 1.18 bits per heavy atom. The van der Waals surface area contributed by atoms with Crippen molar-refractivity contribution in [2.75, 3.05) is 5.32 Å². The predicted molar refractivity (Wildman–Crippen MR) is 126 cm³/mol. The summed E-state index contributed by atoms with van der Waals surface area (Å²) in [6.07, 6.45) is 3.77. The van der Waals surface area contributed by atoms with Gasteiger partial charge < -0.3 is 20.5 Å². The molecule has 2 heterocycles. The van der Waals surface area contributed by atoms with Crippen molar-refractivity contribution in [1.82, 2.24) is 15.0 Å². The number of carboxylic acid groups (broad SMARTS) is 1. The Kier molecular flexibility index (Phi) is 5.52. The van der Waals surface area contributed by atoms with E-state index in [2.05, 4.69) is 15.3 Å². The Morgan fingerprint density at radius 2 is 2.00 bits per heavy atom. The standard InChI is InChI=1S/C25H23ClN4O3/c26-18-6-1-5-16(12-18)23(33)29-20-9-8-17(14-27-20)25(10-3-11-25)24-28-19-7-2-4-15(13-21(31)32)22(19)30-24/h1-2,4-9,12,14,23,33H,3,10-11,13H2,(H,27,29)(H,28,30)(H,31,32). The highest BCUT2D eigenvalue weighted by Crippen LogP contribution is 2.48. The van der Waals surface area contributed by atoms with E-state index in [1.54, 1.807) is 24.3 Å². The molecule has 0 aliphatic heterocycles. The molecule has 0 saturated heterocycles. The number of hydrogen-bond donors (Lipinski definition) is 4. The molecule has 168 valence electrons. The molecular formula is C25H23ClN4O3. The molecule has 2 aromatic heterocycles. The number of imidazole rings is 1. The zero-order chi connectivity index (χ0) is 23.0. The van der Waals surface area contributed by atoms with Gasteiger partial charge in [-0.3, -0.25) is 4.79 Å². The summed E-state index contributed by atoms with van der Waals surface area (Å²) in [5.41, 5.74) is 3.68. The fourth-order valence-electron chi connectivity index (χ4n) is 4.48. The summed E-state index contributed by atoms with van der Waals surface area (Å²) in [6, 6.07) is 16.5. The molecule has 0 bridgehead atoms. The highest BCUT2D eigenvalue weighted by Gasteiger charge is 2.43. The molecule has 1 saturated carbocycles. The summed E-state index contributed by atoms with van der Waals surface area (Å²) < 4.78 is 0. The number of anilines is 1. The average Bonchev–Trinajstić information content (AvgIpc) is 3.19. The highest BCUT2D eigenvalue weighted by atomic mass is 35.5.